The average molecular weight is 268 g/mol. The van der Waals surface area contributed by atoms with Gasteiger partial charge in [0, 0.05) is 31.8 Å². The van der Waals surface area contributed by atoms with Gasteiger partial charge in [-0.3, -0.25) is 14.9 Å². The van der Waals surface area contributed by atoms with Crippen LogP contribution < -0.4 is 4.74 Å². The molecule has 19 heavy (non-hydrogen) atoms. The highest BCUT2D eigenvalue weighted by atomic mass is 16.6. The fraction of sp³-hybridized carbons (Fsp3) is 0.417. The summed E-state index contributed by atoms with van der Waals surface area (Å²) in [5.74, 6) is 0.0192. The molecule has 0 heterocycles. The zero-order valence-electron chi connectivity index (χ0n) is 11.0. The molecular weight excluding hydrogens is 252 g/mol. The van der Waals surface area contributed by atoms with E-state index in [0.29, 0.717) is 0 Å². The van der Waals surface area contributed by atoms with Crippen LogP contribution in [0.25, 0.3) is 0 Å². The molecule has 1 amide bonds. The first kappa shape index (κ1) is 14.9. The van der Waals surface area contributed by atoms with Gasteiger partial charge in [-0.2, -0.15) is 0 Å². The molecule has 104 valence electrons. The van der Waals surface area contributed by atoms with Crippen molar-refractivity contribution in [3.05, 3.63) is 33.9 Å². The normalized spacial score (nSPS) is 11.8. The lowest BCUT2D eigenvalue weighted by Crippen LogP contribution is -2.27. The van der Waals surface area contributed by atoms with E-state index < -0.39 is 11.0 Å². The lowest BCUT2D eigenvalue weighted by Gasteiger charge is -2.15. The first-order chi connectivity index (χ1) is 8.82. The van der Waals surface area contributed by atoms with E-state index in [0.717, 1.165) is 0 Å². The summed E-state index contributed by atoms with van der Waals surface area (Å²) in [6, 6.07) is 3.88. The first-order valence-electron chi connectivity index (χ1n) is 5.62. The number of nitrogens with zero attached hydrogens (tertiary/aromatic N) is 2. The number of carbonyl (C=O) groups is 1. The average Bonchev–Trinajstić information content (AvgIpc) is 2.35. The van der Waals surface area contributed by atoms with Crippen molar-refractivity contribution >= 4 is 11.6 Å². The van der Waals surface area contributed by atoms with Gasteiger partial charge in [0.15, 0.2) is 6.61 Å². The minimum absolute atomic E-state index is 0.137. The van der Waals surface area contributed by atoms with Crippen molar-refractivity contribution in [2.24, 2.45) is 0 Å². The highest BCUT2D eigenvalue weighted by molar-refractivity contribution is 5.77. The van der Waals surface area contributed by atoms with E-state index in [9.17, 15) is 20.0 Å². The van der Waals surface area contributed by atoms with Crippen molar-refractivity contribution in [1.29, 1.82) is 0 Å². The molecule has 0 aliphatic carbocycles. The molecule has 0 fully saturated rings. The molecule has 0 saturated heterocycles. The Morgan fingerprint density at radius 3 is 2.63 bits per heavy atom. The Hall–Kier alpha value is -2.15. The molecule has 1 rings (SSSR count). The third-order valence-corrected chi connectivity index (χ3v) is 2.50. The molecule has 7 heteroatoms. The van der Waals surface area contributed by atoms with Crippen LogP contribution in [-0.4, -0.2) is 41.5 Å². The van der Waals surface area contributed by atoms with Gasteiger partial charge in [-0.15, -0.1) is 0 Å². The van der Waals surface area contributed by atoms with Crippen molar-refractivity contribution < 1.29 is 19.6 Å². The lowest BCUT2D eigenvalue weighted by atomic mass is 10.1. The Labute approximate surface area is 110 Å². The van der Waals surface area contributed by atoms with Gasteiger partial charge in [0.2, 0.25) is 0 Å². The number of benzene rings is 1. The number of rotatable bonds is 5. The summed E-state index contributed by atoms with van der Waals surface area (Å²) in [7, 11) is 3.19. The van der Waals surface area contributed by atoms with E-state index in [1.807, 2.05) is 0 Å². The van der Waals surface area contributed by atoms with Crippen LogP contribution in [0.4, 0.5) is 5.69 Å². The molecule has 7 nitrogen and oxygen atoms in total. The minimum atomic E-state index is -0.927. The number of hydrogen-bond acceptors (Lipinski definition) is 5. The Kier molecular flexibility index (Phi) is 4.82. The van der Waals surface area contributed by atoms with Crippen LogP contribution in [-0.2, 0) is 4.79 Å². The predicted molar refractivity (Wildman–Crippen MR) is 67.9 cm³/mol. The van der Waals surface area contributed by atoms with Gasteiger partial charge < -0.3 is 14.7 Å². The van der Waals surface area contributed by atoms with E-state index in [4.69, 9.17) is 4.74 Å². The topological polar surface area (TPSA) is 92.9 Å². The molecule has 0 saturated carbocycles. The number of likely N-dealkylation sites (N-methyl/N-ethyl adjacent to an activating group) is 1. The van der Waals surface area contributed by atoms with Gasteiger partial charge in [-0.1, -0.05) is 0 Å². The third-order valence-electron chi connectivity index (χ3n) is 2.50. The lowest BCUT2D eigenvalue weighted by molar-refractivity contribution is -0.385. The molecule has 1 aromatic carbocycles. The van der Waals surface area contributed by atoms with Crippen molar-refractivity contribution in [3.8, 4) is 5.75 Å². The minimum Gasteiger partial charge on any atom is -0.483 e. The van der Waals surface area contributed by atoms with E-state index >= 15 is 0 Å². The van der Waals surface area contributed by atoms with Crippen LogP contribution in [0.15, 0.2) is 18.2 Å². The molecule has 0 unspecified atom stereocenters. The molecule has 0 aliphatic rings. The van der Waals surface area contributed by atoms with Crippen LogP contribution in [0, 0.1) is 10.1 Å². The maximum Gasteiger partial charge on any atom is 0.270 e. The van der Waals surface area contributed by atoms with Crippen molar-refractivity contribution in [2.45, 2.75) is 13.0 Å². The fourth-order valence-corrected chi connectivity index (χ4v) is 1.38. The van der Waals surface area contributed by atoms with E-state index in [-0.39, 0.29) is 29.5 Å². The molecule has 1 atom stereocenters. The number of non-ortho nitro benzene ring substituents is 1. The second kappa shape index (κ2) is 6.14. The highest BCUT2D eigenvalue weighted by Gasteiger charge is 2.16. The molecule has 0 aromatic heterocycles. The number of aliphatic hydroxyl groups excluding tert-OH is 1. The van der Waals surface area contributed by atoms with Gasteiger partial charge in [0.05, 0.1) is 11.0 Å². The van der Waals surface area contributed by atoms with Crippen molar-refractivity contribution in [3.63, 3.8) is 0 Å². The summed E-state index contributed by atoms with van der Waals surface area (Å²) >= 11 is 0. The van der Waals surface area contributed by atoms with E-state index in [1.165, 1.54) is 30.0 Å². The number of ether oxygens (including phenoxy) is 1. The van der Waals surface area contributed by atoms with Crippen LogP contribution in [0.1, 0.15) is 18.6 Å². The summed E-state index contributed by atoms with van der Waals surface area (Å²) in [5, 5.41) is 20.3. The van der Waals surface area contributed by atoms with E-state index in [2.05, 4.69) is 0 Å². The maximum atomic E-state index is 11.4. The van der Waals surface area contributed by atoms with Gasteiger partial charge in [0.25, 0.3) is 11.6 Å². The third kappa shape index (κ3) is 3.92. The summed E-state index contributed by atoms with van der Waals surface area (Å²) in [4.78, 5) is 22.9. The summed E-state index contributed by atoms with van der Waals surface area (Å²) in [5.41, 5.74) is 0.142. The van der Waals surface area contributed by atoms with Crippen LogP contribution in [0.3, 0.4) is 0 Å². The summed E-state index contributed by atoms with van der Waals surface area (Å²) in [6.07, 6.45) is -0.927. The van der Waals surface area contributed by atoms with Crippen LogP contribution in [0.2, 0.25) is 0 Å². The fourth-order valence-electron chi connectivity index (χ4n) is 1.38. The predicted octanol–water partition coefficient (Wildman–Crippen LogP) is 1.12. The molecule has 1 N–H and O–H groups in total. The Morgan fingerprint density at radius 1 is 1.53 bits per heavy atom. The number of hydrogen-bond donors (Lipinski definition) is 1. The number of nitro groups is 1. The van der Waals surface area contributed by atoms with E-state index in [1.54, 1.807) is 14.1 Å². The maximum absolute atomic E-state index is 11.4. The summed E-state index contributed by atoms with van der Waals surface area (Å²) < 4.78 is 5.28. The number of aliphatic hydroxyl groups is 1. The molecule has 0 bridgehead atoms. The molecule has 1 aromatic rings. The van der Waals surface area contributed by atoms with Crippen LogP contribution >= 0.6 is 0 Å². The smallest absolute Gasteiger partial charge is 0.270 e. The van der Waals surface area contributed by atoms with Gasteiger partial charge in [0.1, 0.15) is 5.75 Å². The van der Waals surface area contributed by atoms with Gasteiger partial charge >= 0.3 is 0 Å². The Morgan fingerprint density at radius 2 is 2.16 bits per heavy atom. The molecule has 0 spiro atoms. The first-order valence-corrected chi connectivity index (χ1v) is 5.62. The SMILES string of the molecule is C[C@H](O)c1cc([N+](=O)[O-])ccc1OCC(=O)N(C)C. The second-order valence-electron chi connectivity index (χ2n) is 4.23. The van der Waals surface area contributed by atoms with Crippen molar-refractivity contribution in [2.75, 3.05) is 20.7 Å². The highest BCUT2D eigenvalue weighted by Crippen LogP contribution is 2.29. The van der Waals surface area contributed by atoms with Crippen LogP contribution in [0.5, 0.6) is 5.75 Å². The largest absolute Gasteiger partial charge is 0.483 e. The van der Waals surface area contributed by atoms with Gasteiger partial charge in [-0.25, -0.2) is 0 Å². The summed E-state index contributed by atoms with van der Waals surface area (Å²) in [6.45, 7) is 1.28. The molecule has 0 radical (unpaired) electrons. The number of carbonyl (C=O) groups excluding carboxylic acids is 1. The molecular formula is C12H16N2O5. The second-order valence-corrected chi connectivity index (χ2v) is 4.23. The number of amides is 1. The Bertz CT molecular complexity index is 485. The zero-order valence-corrected chi connectivity index (χ0v) is 11.0. The van der Waals surface area contributed by atoms with Gasteiger partial charge in [-0.05, 0) is 13.0 Å². The zero-order chi connectivity index (χ0) is 14.6. The monoisotopic (exact) mass is 268 g/mol. The Balaban J connectivity index is 2.94. The quantitative estimate of drug-likeness (QED) is 0.638. The standard InChI is InChI=1S/C12H16N2O5/c1-8(15)10-6-9(14(17)18)4-5-11(10)19-7-12(16)13(2)3/h4-6,8,15H,7H2,1-3H3/t8-/m0/s1. The molecule has 0 aliphatic heterocycles. The number of nitro benzene ring substituents is 1. The van der Waals surface area contributed by atoms with Crippen molar-refractivity contribution in [1.82, 2.24) is 4.90 Å².